The standard InChI is InChI=1S/C11H22N4O3S/c1-13-11(16)10-7-9(12)8-15(10)19(17,18)14-5-3-2-4-6-14/h9-10H,2-8,12H2,1H3,(H,13,16)/t9-,10+/m1/s1. The molecule has 0 aromatic rings. The number of rotatable bonds is 3. The quantitative estimate of drug-likeness (QED) is 0.687. The summed E-state index contributed by atoms with van der Waals surface area (Å²) in [6.45, 7) is 1.29. The van der Waals surface area contributed by atoms with E-state index in [1.54, 1.807) is 0 Å². The Morgan fingerprint density at radius 2 is 1.89 bits per heavy atom. The van der Waals surface area contributed by atoms with Crippen LogP contribution in [0.3, 0.4) is 0 Å². The van der Waals surface area contributed by atoms with Crippen LogP contribution in [-0.4, -0.2) is 61.7 Å². The smallest absolute Gasteiger partial charge is 0.282 e. The Labute approximate surface area is 114 Å². The third-order valence-corrected chi connectivity index (χ3v) is 5.79. The molecule has 2 atom stereocenters. The first-order chi connectivity index (χ1) is 8.96. The fourth-order valence-corrected chi connectivity index (χ4v) is 4.64. The van der Waals surface area contributed by atoms with E-state index in [4.69, 9.17) is 5.73 Å². The molecule has 0 aromatic heterocycles. The number of nitrogens with one attached hydrogen (secondary N) is 1. The third-order valence-electron chi connectivity index (χ3n) is 3.77. The largest absolute Gasteiger partial charge is 0.358 e. The van der Waals surface area contributed by atoms with Crippen LogP contribution in [0.4, 0.5) is 0 Å². The van der Waals surface area contributed by atoms with E-state index in [0.29, 0.717) is 19.5 Å². The predicted molar refractivity (Wildman–Crippen MR) is 71.5 cm³/mol. The summed E-state index contributed by atoms with van der Waals surface area (Å²) in [4.78, 5) is 11.8. The van der Waals surface area contributed by atoms with Gasteiger partial charge in [0.15, 0.2) is 0 Å². The molecule has 2 aliphatic rings. The third kappa shape index (κ3) is 2.91. The molecule has 0 spiro atoms. The molecule has 0 aliphatic carbocycles. The second-order valence-corrected chi connectivity index (χ2v) is 7.04. The first-order valence-electron chi connectivity index (χ1n) is 6.71. The molecule has 19 heavy (non-hydrogen) atoms. The Bertz CT molecular complexity index is 433. The van der Waals surface area contributed by atoms with Crippen LogP contribution < -0.4 is 11.1 Å². The van der Waals surface area contributed by atoms with Crippen LogP contribution in [0.25, 0.3) is 0 Å². The lowest BCUT2D eigenvalue weighted by molar-refractivity contribution is -0.123. The fraction of sp³-hybridized carbons (Fsp3) is 0.909. The van der Waals surface area contributed by atoms with Gasteiger partial charge < -0.3 is 11.1 Å². The highest BCUT2D eigenvalue weighted by Crippen LogP contribution is 2.25. The molecule has 2 heterocycles. The highest BCUT2D eigenvalue weighted by atomic mass is 32.2. The summed E-state index contributed by atoms with van der Waals surface area (Å²) in [7, 11) is -2.06. The average molecular weight is 290 g/mol. The number of hydrogen-bond acceptors (Lipinski definition) is 4. The molecule has 1 amide bonds. The summed E-state index contributed by atoms with van der Waals surface area (Å²) in [5.74, 6) is -0.284. The normalized spacial score (nSPS) is 30.4. The number of carbonyl (C=O) groups is 1. The van der Waals surface area contributed by atoms with Crippen molar-refractivity contribution in [2.24, 2.45) is 5.73 Å². The average Bonchev–Trinajstić information content (AvgIpc) is 2.81. The highest BCUT2D eigenvalue weighted by molar-refractivity contribution is 7.86. The Kier molecular flexibility index (Phi) is 4.44. The maximum Gasteiger partial charge on any atom is 0.282 e. The molecular formula is C11H22N4O3S. The summed E-state index contributed by atoms with van der Waals surface area (Å²) in [6, 6.07) is -0.950. The van der Waals surface area contributed by atoms with Gasteiger partial charge in [0.25, 0.3) is 10.2 Å². The molecule has 0 unspecified atom stereocenters. The first kappa shape index (κ1) is 14.7. The van der Waals surface area contributed by atoms with Crippen molar-refractivity contribution in [2.45, 2.75) is 37.8 Å². The van der Waals surface area contributed by atoms with Gasteiger partial charge in [-0.1, -0.05) is 6.42 Å². The minimum absolute atomic E-state index is 0.219. The SMILES string of the molecule is CNC(=O)[C@@H]1C[C@@H](N)CN1S(=O)(=O)N1CCCCC1. The van der Waals surface area contributed by atoms with E-state index in [-0.39, 0.29) is 18.5 Å². The number of piperidine rings is 1. The van der Waals surface area contributed by atoms with Crippen molar-refractivity contribution in [3.8, 4) is 0 Å². The molecule has 7 nitrogen and oxygen atoms in total. The van der Waals surface area contributed by atoms with Crippen molar-refractivity contribution in [1.29, 1.82) is 0 Å². The number of nitrogens with two attached hydrogens (primary N) is 1. The van der Waals surface area contributed by atoms with Gasteiger partial charge in [-0.05, 0) is 19.3 Å². The number of hydrogen-bond donors (Lipinski definition) is 2. The topological polar surface area (TPSA) is 95.7 Å². The zero-order chi connectivity index (χ0) is 14.0. The highest BCUT2D eigenvalue weighted by Gasteiger charge is 2.44. The van der Waals surface area contributed by atoms with E-state index in [1.807, 2.05) is 0 Å². The van der Waals surface area contributed by atoms with Gasteiger partial charge in [0.1, 0.15) is 6.04 Å². The molecule has 0 radical (unpaired) electrons. The van der Waals surface area contributed by atoms with Crippen LogP contribution in [0.1, 0.15) is 25.7 Å². The summed E-state index contributed by atoms with van der Waals surface area (Å²) >= 11 is 0. The fourth-order valence-electron chi connectivity index (χ4n) is 2.74. The van der Waals surface area contributed by atoms with Crippen molar-refractivity contribution >= 4 is 16.1 Å². The van der Waals surface area contributed by atoms with Crippen molar-refractivity contribution < 1.29 is 13.2 Å². The molecule has 110 valence electrons. The predicted octanol–water partition coefficient (Wildman–Crippen LogP) is -1.14. The molecule has 3 N–H and O–H groups in total. The molecule has 0 saturated carbocycles. The molecule has 2 fully saturated rings. The van der Waals surface area contributed by atoms with Crippen molar-refractivity contribution in [3.05, 3.63) is 0 Å². The number of likely N-dealkylation sites (N-methyl/N-ethyl adjacent to an activating group) is 1. The van der Waals surface area contributed by atoms with E-state index in [2.05, 4.69) is 5.32 Å². The number of nitrogens with zero attached hydrogens (tertiary/aromatic N) is 2. The van der Waals surface area contributed by atoms with Crippen LogP contribution in [0.15, 0.2) is 0 Å². The summed E-state index contributed by atoms with van der Waals surface area (Å²) in [6.07, 6.45) is 3.20. The van der Waals surface area contributed by atoms with Crippen molar-refractivity contribution in [3.63, 3.8) is 0 Å². The van der Waals surface area contributed by atoms with Crippen LogP contribution in [-0.2, 0) is 15.0 Å². The minimum Gasteiger partial charge on any atom is -0.358 e. The van der Waals surface area contributed by atoms with E-state index < -0.39 is 16.3 Å². The van der Waals surface area contributed by atoms with E-state index in [9.17, 15) is 13.2 Å². The van der Waals surface area contributed by atoms with Gasteiger partial charge in [-0.15, -0.1) is 0 Å². The number of amides is 1. The van der Waals surface area contributed by atoms with Gasteiger partial charge in [-0.2, -0.15) is 17.0 Å². The Morgan fingerprint density at radius 3 is 2.47 bits per heavy atom. The van der Waals surface area contributed by atoms with Crippen molar-refractivity contribution in [2.75, 3.05) is 26.7 Å². The second-order valence-electron chi connectivity index (χ2n) is 5.16. The Hall–Kier alpha value is -0.700. The van der Waals surface area contributed by atoms with Gasteiger partial charge in [-0.25, -0.2) is 0 Å². The molecule has 2 rings (SSSR count). The van der Waals surface area contributed by atoms with Gasteiger partial charge in [0.05, 0.1) is 0 Å². The maximum absolute atomic E-state index is 12.6. The molecular weight excluding hydrogens is 268 g/mol. The Balaban J connectivity index is 2.19. The molecule has 0 bridgehead atoms. The van der Waals surface area contributed by atoms with Crippen LogP contribution in [0, 0.1) is 0 Å². The maximum atomic E-state index is 12.6. The van der Waals surface area contributed by atoms with E-state index in [0.717, 1.165) is 19.3 Å². The monoisotopic (exact) mass is 290 g/mol. The van der Waals surface area contributed by atoms with Gasteiger partial charge in [0, 0.05) is 32.7 Å². The molecule has 8 heteroatoms. The molecule has 2 saturated heterocycles. The summed E-state index contributed by atoms with van der Waals surface area (Å²) < 4.78 is 27.9. The van der Waals surface area contributed by atoms with Crippen LogP contribution in [0.2, 0.25) is 0 Å². The van der Waals surface area contributed by atoms with Crippen molar-refractivity contribution in [1.82, 2.24) is 13.9 Å². The van der Waals surface area contributed by atoms with E-state index in [1.165, 1.54) is 15.7 Å². The van der Waals surface area contributed by atoms with Gasteiger partial charge in [-0.3, -0.25) is 4.79 Å². The summed E-state index contributed by atoms with van der Waals surface area (Å²) in [5.41, 5.74) is 5.83. The number of carbonyl (C=O) groups excluding carboxylic acids is 1. The Morgan fingerprint density at radius 1 is 1.26 bits per heavy atom. The lowest BCUT2D eigenvalue weighted by Gasteiger charge is -2.32. The van der Waals surface area contributed by atoms with E-state index >= 15 is 0 Å². The summed E-state index contributed by atoms with van der Waals surface area (Å²) in [5, 5.41) is 2.51. The molecule has 2 aliphatic heterocycles. The second kappa shape index (κ2) is 5.74. The van der Waals surface area contributed by atoms with Crippen LogP contribution >= 0.6 is 0 Å². The minimum atomic E-state index is -3.57. The lowest BCUT2D eigenvalue weighted by Crippen LogP contribution is -2.51. The first-order valence-corrected chi connectivity index (χ1v) is 8.10. The van der Waals surface area contributed by atoms with Gasteiger partial charge >= 0.3 is 0 Å². The zero-order valence-electron chi connectivity index (χ0n) is 11.2. The van der Waals surface area contributed by atoms with Crippen LogP contribution in [0.5, 0.6) is 0 Å². The zero-order valence-corrected chi connectivity index (χ0v) is 12.0. The van der Waals surface area contributed by atoms with Gasteiger partial charge in [0.2, 0.25) is 5.91 Å². The lowest BCUT2D eigenvalue weighted by atomic mass is 10.2. The molecule has 0 aromatic carbocycles.